The standard InChI is InChI=1S/C24H38O5/c1-13(4-7-21(28)29)17-11-19(26)22-16-6-5-14-10-15(25)8-9-23(14,2)18(16)12-20(27)24(17,22)3/h13-15,17-20,25-27H,4-12H2,1-3H3,(H,28,29)/t13-,14-,15-,17-,18+,19-,20+,23+,24+/m1/s1. The number of rotatable bonds is 4. The summed E-state index contributed by atoms with van der Waals surface area (Å²) in [5, 5.41) is 41.9. The number of hydrogen-bond acceptors (Lipinski definition) is 4. The van der Waals surface area contributed by atoms with Crippen LogP contribution in [-0.2, 0) is 4.79 Å². The lowest BCUT2D eigenvalue weighted by molar-refractivity contribution is -0.137. The molecule has 5 heteroatoms. The van der Waals surface area contributed by atoms with Gasteiger partial charge in [-0.05, 0) is 86.0 Å². The van der Waals surface area contributed by atoms with Crippen LogP contribution in [0.1, 0.15) is 78.6 Å². The van der Waals surface area contributed by atoms with E-state index in [0.29, 0.717) is 18.8 Å². The molecule has 9 atom stereocenters. The minimum absolute atomic E-state index is 0.0921. The number of aliphatic hydroxyl groups excluding tert-OH is 3. The van der Waals surface area contributed by atoms with Crippen molar-refractivity contribution in [3.63, 3.8) is 0 Å². The van der Waals surface area contributed by atoms with Crippen LogP contribution in [0.4, 0.5) is 0 Å². The Morgan fingerprint density at radius 3 is 2.55 bits per heavy atom. The molecule has 0 aromatic rings. The topological polar surface area (TPSA) is 98.0 Å². The van der Waals surface area contributed by atoms with E-state index < -0.39 is 23.6 Å². The third-order valence-electron chi connectivity index (χ3n) is 9.64. The van der Waals surface area contributed by atoms with Gasteiger partial charge in [0.15, 0.2) is 0 Å². The molecule has 3 fully saturated rings. The SMILES string of the molecule is C[C@H](CCC(=O)O)[C@H]1C[C@@H](O)C2=C3CC[C@@H]4C[C@H](O)CC[C@]4(C)[C@H]3C[C@H](O)[C@@]21C. The lowest BCUT2D eigenvalue weighted by Crippen LogP contribution is -2.53. The van der Waals surface area contributed by atoms with E-state index in [-0.39, 0.29) is 35.7 Å². The highest BCUT2D eigenvalue weighted by atomic mass is 16.4. The van der Waals surface area contributed by atoms with Gasteiger partial charge in [0.1, 0.15) is 0 Å². The number of carboxylic acid groups (broad SMARTS) is 1. The maximum atomic E-state index is 11.4. The molecule has 4 rings (SSSR count). The van der Waals surface area contributed by atoms with Crippen LogP contribution < -0.4 is 0 Å². The number of aliphatic carboxylic acids is 1. The first-order valence-electron chi connectivity index (χ1n) is 11.6. The highest BCUT2D eigenvalue weighted by Gasteiger charge is 2.61. The fraction of sp³-hybridized carbons (Fsp3) is 0.875. The van der Waals surface area contributed by atoms with Crippen LogP contribution in [-0.4, -0.2) is 44.7 Å². The summed E-state index contributed by atoms with van der Waals surface area (Å²) in [7, 11) is 0. The molecule has 29 heavy (non-hydrogen) atoms. The predicted octanol–water partition coefficient (Wildman–Crippen LogP) is 3.51. The first-order valence-corrected chi connectivity index (χ1v) is 11.6. The molecule has 5 nitrogen and oxygen atoms in total. The van der Waals surface area contributed by atoms with E-state index in [2.05, 4.69) is 20.8 Å². The van der Waals surface area contributed by atoms with Crippen molar-refractivity contribution in [2.45, 2.75) is 96.9 Å². The van der Waals surface area contributed by atoms with E-state index in [0.717, 1.165) is 44.1 Å². The fourth-order valence-corrected chi connectivity index (χ4v) is 7.93. The van der Waals surface area contributed by atoms with E-state index in [1.807, 2.05) is 0 Å². The molecule has 4 aliphatic carbocycles. The van der Waals surface area contributed by atoms with Crippen molar-refractivity contribution in [2.24, 2.45) is 34.5 Å². The monoisotopic (exact) mass is 406 g/mol. The highest BCUT2D eigenvalue weighted by Crippen LogP contribution is 2.65. The lowest BCUT2D eigenvalue weighted by atomic mass is 9.48. The smallest absolute Gasteiger partial charge is 0.303 e. The second kappa shape index (κ2) is 7.35. The number of carboxylic acids is 1. The summed E-state index contributed by atoms with van der Waals surface area (Å²) in [5.41, 5.74) is 2.10. The first-order chi connectivity index (χ1) is 13.6. The Kier molecular flexibility index (Phi) is 5.40. The zero-order valence-corrected chi connectivity index (χ0v) is 18.1. The molecule has 4 aliphatic rings. The van der Waals surface area contributed by atoms with Crippen LogP contribution >= 0.6 is 0 Å². The second-order valence-corrected chi connectivity index (χ2v) is 11.0. The Bertz CT molecular complexity index is 701. The van der Waals surface area contributed by atoms with Crippen molar-refractivity contribution >= 4 is 5.97 Å². The van der Waals surface area contributed by atoms with Crippen LogP contribution in [0.2, 0.25) is 0 Å². The molecule has 0 amide bonds. The molecule has 0 aromatic carbocycles. The Hall–Kier alpha value is -0.910. The molecule has 3 saturated carbocycles. The Labute approximate surface area is 174 Å². The van der Waals surface area contributed by atoms with Crippen LogP contribution in [0.5, 0.6) is 0 Å². The van der Waals surface area contributed by atoms with Crippen molar-refractivity contribution in [1.29, 1.82) is 0 Å². The van der Waals surface area contributed by atoms with Gasteiger partial charge in [0.2, 0.25) is 0 Å². The van der Waals surface area contributed by atoms with Gasteiger partial charge in [-0.2, -0.15) is 0 Å². The molecule has 164 valence electrons. The molecule has 0 aliphatic heterocycles. The highest BCUT2D eigenvalue weighted by molar-refractivity contribution is 5.66. The summed E-state index contributed by atoms with van der Waals surface area (Å²) >= 11 is 0. The number of aliphatic hydroxyl groups is 3. The fourth-order valence-electron chi connectivity index (χ4n) is 7.93. The second-order valence-electron chi connectivity index (χ2n) is 11.0. The Morgan fingerprint density at radius 1 is 1.14 bits per heavy atom. The van der Waals surface area contributed by atoms with Crippen molar-refractivity contribution in [1.82, 2.24) is 0 Å². The summed E-state index contributed by atoms with van der Waals surface area (Å²) in [5.74, 6) is 0.241. The largest absolute Gasteiger partial charge is 0.481 e. The van der Waals surface area contributed by atoms with E-state index in [1.165, 1.54) is 5.57 Å². The quantitative estimate of drug-likeness (QED) is 0.536. The summed E-state index contributed by atoms with van der Waals surface area (Å²) in [6, 6.07) is 0. The Morgan fingerprint density at radius 2 is 1.86 bits per heavy atom. The lowest BCUT2D eigenvalue weighted by Gasteiger charge is -2.58. The molecular weight excluding hydrogens is 368 g/mol. The average molecular weight is 407 g/mol. The van der Waals surface area contributed by atoms with E-state index in [1.54, 1.807) is 0 Å². The van der Waals surface area contributed by atoms with E-state index in [9.17, 15) is 20.1 Å². The predicted molar refractivity (Wildman–Crippen MR) is 110 cm³/mol. The third kappa shape index (κ3) is 3.19. The third-order valence-corrected chi connectivity index (χ3v) is 9.64. The number of allylic oxidation sites excluding steroid dienone is 1. The molecule has 4 N–H and O–H groups in total. The van der Waals surface area contributed by atoms with Gasteiger partial charge in [0, 0.05) is 11.8 Å². The summed E-state index contributed by atoms with van der Waals surface area (Å²) in [4.78, 5) is 11.1. The average Bonchev–Trinajstić information content (AvgIpc) is 2.94. The van der Waals surface area contributed by atoms with E-state index in [4.69, 9.17) is 5.11 Å². The van der Waals surface area contributed by atoms with Gasteiger partial charge >= 0.3 is 5.97 Å². The van der Waals surface area contributed by atoms with Gasteiger partial charge in [-0.1, -0.05) is 26.3 Å². The first kappa shape index (κ1) is 21.3. The zero-order valence-electron chi connectivity index (χ0n) is 18.1. The summed E-state index contributed by atoms with van der Waals surface area (Å²) in [6.07, 6.45) is 5.53. The number of hydrogen-bond donors (Lipinski definition) is 4. The number of carbonyl (C=O) groups is 1. The zero-order chi connectivity index (χ0) is 21.1. The van der Waals surface area contributed by atoms with Crippen LogP contribution in [0.3, 0.4) is 0 Å². The van der Waals surface area contributed by atoms with Gasteiger partial charge in [0.25, 0.3) is 0 Å². The molecule has 0 bridgehead atoms. The summed E-state index contributed by atoms with van der Waals surface area (Å²) in [6.45, 7) is 6.55. The molecular formula is C24H38O5. The van der Waals surface area contributed by atoms with Crippen LogP contribution in [0.25, 0.3) is 0 Å². The van der Waals surface area contributed by atoms with Crippen molar-refractivity contribution in [2.75, 3.05) is 0 Å². The van der Waals surface area contributed by atoms with Gasteiger partial charge in [0.05, 0.1) is 18.3 Å². The molecule has 0 aromatic heterocycles. The van der Waals surface area contributed by atoms with Gasteiger partial charge in [-0.15, -0.1) is 0 Å². The van der Waals surface area contributed by atoms with Gasteiger partial charge in [-0.3, -0.25) is 4.79 Å². The normalized spacial score (nSPS) is 47.9. The van der Waals surface area contributed by atoms with Crippen LogP contribution in [0.15, 0.2) is 11.1 Å². The molecule has 0 saturated heterocycles. The van der Waals surface area contributed by atoms with Crippen molar-refractivity contribution in [3.05, 3.63) is 11.1 Å². The summed E-state index contributed by atoms with van der Waals surface area (Å²) < 4.78 is 0. The van der Waals surface area contributed by atoms with Gasteiger partial charge < -0.3 is 20.4 Å². The molecule has 0 unspecified atom stereocenters. The van der Waals surface area contributed by atoms with Crippen LogP contribution in [0, 0.1) is 34.5 Å². The maximum Gasteiger partial charge on any atom is 0.303 e. The van der Waals surface area contributed by atoms with Crippen molar-refractivity contribution < 1.29 is 25.2 Å². The minimum atomic E-state index is -0.783. The maximum absolute atomic E-state index is 11.4. The minimum Gasteiger partial charge on any atom is -0.481 e. The molecule has 0 spiro atoms. The van der Waals surface area contributed by atoms with Crippen molar-refractivity contribution in [3.8, 4) is 0 Å². The molecule has 0 radical (unpaired) electrons. The Balaban J connectivity index is 1.69. The van der Waals surface area contributed by atoms with E-state index >= 15 is 0 Å². The molecule has 0 heterocycles. The number of fused-ring (bicyclic) bond motifs is 4. The van der Waals surface area contributed by atoms with Gasteiger partial charge in [-0.25, -0.2) is 0 Å².